The number of hydrogen-bond donors (Lipinski definition) is 1. The molecule has 0 saturated carbocycles. The predicted molar refractivity (Wildman–Crippen MR) is 78.5 cm³/mol. The van der Waals surface area contributed by atoms with Crippen molar-refractivity contribution in [3.05, 3.63) is 33.5 Å². The minimum atomic E-state index is -2.91. The normalized spacial score (nSPS) is 15.4. The number of rotatable bonds is 5. The zero-order chi connectivity index (χ0) is 15.7. The van der Waals surface area contributed by atoms with E-state index in [0.717, 1.165) is 0 Å². The third-order valence-electron chi connectivity index (χ3n) is 3.26. The Morgan fingerprint density at radius 2 is 1.95 bits per heavy atom. The van der Waals surface area contributed by atoms with E-state index in [1.165, 1.54) is 12.1 Å². The first-order valence-electron chi connectivity index (χ1n) is 6.00. The Morgan fingerprint density at radius 3 is 2.40 bits per heavy atom. The molecule has 114 valence electrons. The summed E-state index contributed by atoms with van der Waals surface area (Å²) in [6.45, 7) is 5.08. The quantitative estimate of drug-likeness (QED) is 0.817. The molecule has 0 aliphatic rings. The molecule has 0 aromatic heterocycles. The molecule has 20 heavy (non-hydrogen) atoms. The fourth-order valence-electron chi connectivity index (χ4n) is 2.16. The SMILES string of the molecule is C[C@H](CC(C)(C)S(N)=O)c1ccc(Br)c(F)c1C(F)F. The second-order valence-corrected chi connectivity index (χ2v) is 7.88. The molecule has 1 aromatic rings. The second-order valence-electron chi connectivity index (χ2n) is 5.33. The molecule has 2 atom stereocenters. The molecule has 2 nitrogen and oxygen atoms in total. The molecule has 0 aliphatic carbocycles. The van der Waals surface area contributed by atoms with Crippen molar-refractivity contribution in [2.75, 3.05) is 0 Å². The van der Waals surface area contributed by atoms with Crippen molar-refractivity contribution in [1.29, 1.82) is 0 Å². The smallest absolute Gasteiger partial charge is 0.251 e. The average molecular weight is 372 g/mol. The first-order chi connectivity index (χ1) is 9.08. The molecule has 0 saturated heterocycles. The first kappa shape index (κ1) is 17.7. The average Bonchev–Trinajstić information content (AvgIpc) is 2.30. The summed E-state index contributed by atoms with van der Waals surface area (Å²) in [5.74, 6) is -1.33. The monoisotopic (exact) mass is 371 g/mol. The zero-order valence-electron chi connectivity index (χ0n) is 11.4. The molecule has 0 fully saturated rings. The van der Waals surface area contributed by atoms with Crippen molar-refractivity contribution in [2.24, 2.45) is 5.14 Å². The molecule has 0 heterocycles. The van der Waals surface area contributed by atoms with E-state index in [9.17, 15) is 17.4 Å². The Labute approximate surface area is 127 Å². The number of nitrogens with two attached hydrogens (primary N) is 1. The summed E-state index contributed by atoms with van der Waals surface area (Å²) in [5.41, 5.74) is -0.385. The van der Waals surface area contributed by atoms with Gasteiger partial charge in [0, 0.05) is 0 Å². The van der Waals surface area contributed by atoms with E-state index < -0.39 is 33.5 Å². The molecule has 7 heteroatoms. The van der Waals surface area contributed by atoms with Gasteiger partial charge in [-0.3, -0.25) is 5.14 Å². The molecule has 1 aromatic carbocycles. The Morgan fingerprint density at radius 1 is 1.40 bits per heavy atom. The van der Waals surface area contributed by atoms with Crippen LogP contribution in [0.2, 0.25) is 0 Å². The molecule has 1 unspecified atom stereocenters. The molecule has 0 radical (unpaired) electrons. The highest BCUT2D eigenvalue weighted by atomic mass is 79.9. The van der Waals surface area contributed by atoms with Crippen LogP contribution in [0.1, 0.15) is 50.7 Å². The third-order valence-corrected chi connectivity index (χ3v) is 5.13. The highest BCUT2D eigenvalue weighted by Crippen LogP contribution is 2.37. The van der Waals surface area contributed by atoms with Gasteiger partial charge in [0.05, 0.1) is 25.8 Å². The molecule has 1 rings (SSSR count). The van der Waals surface area contributed by atoms with Crippen molar-refractivity contribution in [3.63, 3.8) is 0 Å². The Hall–Kier alpha value is -0.400. The van der Waals surface area contributed by atoms with Gasteiger partial charge in [0.15, 0.2) is 0 Å². The Bertz CT molecular complexity index is 523. The van der Waals surface area contributed by atoms with Gasteiger partial charge in [-0.25, -0.2) is 17.4 Å². The van der Waals surface area contributed by atoms with Crippen LogP contribution in [-0.2, 0) is 11.0 Å². The van der Waals surface area contributed by atoms with Crippen LogP contribution in [0.15, 0.2) is 16.6 Å². The largest absolute Gasteiger partial charge is 0.266 e. The van der Waals surface area contributed by atoms with Crippen LogP contribution in [0.4, 0.5) is 13.2 Å². The van der Waals surface area contributed by atoms with E-state index in [1.807, 2.05) is 0 Å². The van der Waals surface area contributed by atoms with Crippen LogP contribution in [0, 0.1) is 5.82 Å². The lowest BCUT2D eigenvalue weighted by molar-refractivity contribution is 0.144. The summed E-state index contributed by atoms with van der Waals surface area (Å²) >= 11 is 2.91. The van der Waals surface area contributed by atoms with E-state index in [1.54, 1.807) is 20.8 Å². The number of hydrogen-bond acceptors (Lipinski definition) is 1. The maximum Gasteiger partial charge on any atom is 0.266 e. The maximum absolute atomic E-state index is 13.9. The second kappa shape index (κ2) is 6.58. The Balaban J connectivity index is 3.20. The van der Waals surface area contributed by atoms with Gasteiger partial charge < -0.3 is 0 Å². The lowest BCUT2D eigenvalue weighted by atomic mass is 9.88. The number of halogens is 4. The van der Waals surface area contributed by atoms with Crippen LogP contribution in [-0.4, -0.2) is 8.96 Å². The fourth-order valence-corrected chi connectivity index (χ4v) is 2.92. The highest BCUT2D eigenvalue weighted by molar-refractivity contribution is 9.10. The van der Waals surface area contributed by atoms with E-state index >= 15 is 0 Å². The van der Waals surface area contributed by atoms with Gasteiger partial charge in [-0.05, 0) is 53.7 Å². The van der Waals surface area contributed by atoms with Crippen molar-refractivity contribution in [3.8, 4) is 0 Å². The summed E-state index contributed by atoms with van der Waals surface area (Å²) in [6, 6.07) is 2.87. The molecule has 0 aliphatic heterocycles. The standard InChI is InChI=1S/C13H17BrF3NOS/c1-7(6-13(2,3)20(18)19)8-4-5-9(14)11(15)10(8)12(16)17/h4-5,7,12H,6,18H2,1-3H3/t7-,20?/m1/s1. The zero-order valence-corrected chi connectivity index (χ0v) is 13.8. The van der Waals surface area contributed by atoms with Crippen LogP contribution >= 0.6 is 15.9 Å². The molecule has 0 bridgehead atoms. The lowest BCUT2D eigenvalue weighted by Crippen LogP contribution is -2.33. The molecule has 2 N–H and O–H groups in total. The van der Waals surface area contributed by atoms with Crippen molar-refractivity contribution in [1.82, 2.24) is 0 Å². The number of benzene rings is 1. The number of alkyl halides is 2. The summed E-state index contributed by atoms with van der Waals surface area (Å²) in [4.78, 5) is 0. The maximum atomic E-state index is 13.9. The van der Waals surface area contributed by atoms with E-state index in [0.29, 0.717) is 6.42 Å². The van der Waals surface area contributed by atoms with E-state index in [2.05, 4.69) is 15.9 Å². The molecular weight excluding hydrogens is 355 g/mol. The first-order valence-corrected chi connectivity index (χ1v) is 8.00. The molecule has 0 amide bonds. The lowest BCUT2D eigenvalue weighted by Gasteiger charge is -2.26. The minimum Gasteiger partial charge on any atom is -0.251 e. The van der Waals surface area contributed by atoms with Crippen LogP contribution in [0.5, 0.6) is 0 Å². The minimum absolute atomic E-state index is 0.00501. The summed E-state index contributed by atoms with van der Waals surface area (Å²) in [5, 5.41) is 5.39. The molecule has 0 spiro atoms. The van der Waals surface area contributed by atoms with Crippen molar-refractivity contribution < 1.29 is 17.4 Å². The van der Waals surface area contributed by atoms with Gasteiger partial charge in [-0.15, -0.1) is 0 Å². The van der Waals surface area contributed by atoms with Gasteiger partial charge in [-0.2, -0.15) is 0 Å². The fraction of sp³-hybridized carbons (Fsp3) is 0.538. The summed E-state index contributed by atoms with van der Waals surface area (Å²) in [6.07, 6.45) is -2.59. The summed E-state index contributed by atoms with van der Waals surface area (Å²) < 4.78 is 50.7. The van der Waals surface area contributed by atoms with Crippen LogP contribution in [0.25, 0.3) is 0 Å². The highest BCUT2D eigenvalue weighted by Gasteiger charge is 2.30. The van der Waals surface area contributed by atoms with Gasteiger partial charge in [-0.1, -0.05) is 13.0 Å². The topological polar surface area (TPSA) is 43.1 Å². The van der Waals surface area contributed by atoms with Gasteiger partial charge >= 0.3 is 0 Å². The van der Waals surface area contributed by atoms with Crippen LogP contribution < -0.4 is 5.14 Å². The third kappa shape index (κ3) is 3.83. The molecular formula is C13H17BrF3NOS. The summed E-state index contributed by atoms with van der Waals surface area (Å²) in [7, 11) is -1.59. The van der Waals surface area contributed by atoms with E-state index in [4.69, 9.17) is 5.14 Å². The van der Waals surface area contributed by atoms with Crippen molar-refractivity contribution >= 4 is 26.9 Å². The predicted octanol–water partition coefficient (Wildman–Crippen LogP) is 4.42. The van der Waals surface area contributed by atoms with Gasteiger partial charge in [0.1, 0.15) is 5.82 Å². The van der Waals surface area contributed by atoms with Crippen molar-refractivity contribution in [2.45, 2.75) is 44.3 Å². The van der Waals surface area contributed by atoms with E-state index in [-0.39, 0.29) is 16.0 Å². The van der Waals surface area contributed by atoms with Gasteiger partial charge in [0.2, 0.25) is 0 Å². The van der Waals surface area contributed by atoms with Gasteiger partial charge in [0.25, 0.3) is 6.43 Å². The Kier molecular flexibility index (Phi) is 5.80. The van der Waals surface area contributed by atoms with Crippen LogP contribution in [0.3, 0.4) is 0 Å².